The summed E-state index contributed by atoms with van der Waals surface area (Å²) in [6.07, 6.45) is 3.36. The van der Waals surface area contributed by atoms with Crippen LogP contribution in [0.15, 0.2) is 0 Å². The van der Waals surface area contributed by atoms with Gasteiger partial charge in [-0.1, -0.05) is 18.5 Å². The van der Waals surface area contributed by atoms with Crippen molar-refractivity contribution in [2.45, 2.75) is 32.7 Å². The van der Waals surface area contributed by atoms with Gasteiger partial charge in [-0.2, -0.15) is 5.10 Å². The van der Waals surface area contributed by atoms with Crippen LogP contribution < -0.4 is 5.32 Å². The van der Waals surface area contributed by atoms with Gasteiger partial charge in [0.25, 0.3) is 0 Å². The van der Waals surface area contributed by atoms with Gasteiger partial charge >= 0.3 is 0 Å². The fourth-order valence-corrected chi connectivity index (χ4v) is 2.64. The van der Waals surface area contributed by atoms with Gasteiger partial charge in [-0.3, -0.25) is 4.68 Å². The third kappa shape index (κ3) is 3.25. The average Bonchev–Trinajstić information content (AvgIpc) is 2.67. The van der Waals surface area contributed by atoms with Crippen molar-refractivity contribution in [2.75, 3.05) is 19.8 Å². The maximum absolute atomic E-state index is 6.25. The van der Waals surface area contributed by atoms with Crippen molar-refractivity contribution in [1.29, 1.82) is 0 Å². The van der Waals surface area contributed by atoms with E-state index >= 15 is 0 Å². The van der Waals surface area contributed by atoms with Crippen molar-refractivity contribution in [2.24, 2.45) is 13.0 Å². The van der Waals surface area contributed by atoms with Crippen LogP contribution in [0.3, 0.4) is 0 Å². The first-order valence-corrected chi connectivity index (χ1v) is 7.08. The van der Waals surface area contributed by atoms with Crippen LogP contribution in [0, 0.1) is 5.92 Å². The Hall–Kier alpha value is -0.580. The van der Waals surface area contributed by atoms with Crippen LogP contribution in [-0.2, 0) is 24.8 Å². The van der Waals surface area contributed by atoms with Crippen molar-refractivity contribution in [3.8, 4) is 0 Å². The third-order valence-corrected chi connectivity index (χ3v) is 3.95. The highest BCUT2D eigenvalue weighted by Crippen LogP contribution is 2.20. The van der Waals surface area contributed by atoms with Gasteiger partial charge in [0, 0.05) is 32.3 Å². The number of aryl methyl sites for hydroxylation is 2. The Bertz CT molecular complexity index is 386. The Morgan fingerprint density at radius 2 is 2.39 bits per heavy atom. The number of hydrogen-bond acceptors (Lipinski definition) is 3. The van der Waals surface area contributed by atoms with Crippen LogP contribution in [0.4, 0.5) is 0 Å². The lowest BCUT2D eigenvalue weighted by Crippen LogP contribution is -2.29. The fourth-order valence-electron chi connectivity index (χ4n) is 2.43. The van der Waals surface area contributed by atoms with Crippen LogP contribution in [-0.4, -0.2) is 29.5 Å². The highest BCUT2D eigenvalue weighted by molar-refractivity contribution is 6.30. The summed E-state index contributed by atoms with van der Waals surface area (Å²) in [7, 11) is 1.89. The Kier molecular flexibility index (Phi) is 5.03. The minimum absolute atomic E-state index is 0.638. The van der Waals surface area contributed by atoms with Crippen molar-refractivity contribution in [1.82, 2.24) is 15.1 Å². The number of hydrogen-bond donors (Lipinski definition) is 1. The molecule has 0 saturated carbocycles. The van der Waals surface area contributed by atoms with E-state index < -0.39 is 0 Å². The van der Waals surface area contributed by atoms with Crippen molar-refractivity contribution in [3.05, 3.63) is 16.4 Å². The second-order valence-electron chi connectivity index (χ2n) is 4.91. The molecule has 2 rings (SSSR count). The van der Waals surface area contributed by atoms with Gasteiger partial charge in [0.05, 0.1) is 12.3 Å². The van der Waals surface area contributed by atoms with Gasteiger partial charge < -0.3 is 10.1 Å². The van der Waals surface area contributed by atoms with Gasteiger partial charge in [0.2, 0.25) is 0 Å². The Balaban J connectivity index is 1.85. The molecule has 1 fully saturated rings. The molecular weight excluding hydrogens is 250 g/mol. The summed E-state index contributed by atoms with van der Waals surface area (Å²) in [5.74, 6) is 0.638. The number of ether oxygens (including phenoxy) is 1. The summed E-state index contributed by atoms with van der Waals surface area (Å²) in [6.45, 7) is 5.71. The molecule has 0 radical (unpaired) electrons. The van der Waals surface area contributed by atoms with E-state index in [1.54, 1.807) is 4.68 Å². The van der Waals surface area contributed by atoms with Crippen molar-refractivity contribution < 1.29 is 4.74 Å². The number of nitrogens with zero attached hydrogens (tertiary/aromatic N) is 2. The smallest absolute Gasteiger partial charge is 0.131 e. The fraction of sp³-hybridized carbons (Fsp3) is 0.769. The van der Waals surface area contributed by atoms with Crippen LogP contribution >= 0.6 is 11.6 Å². The summed E-state index contributed by atoms with van der Waals surface area (Å²) in [4.78, 5) is 0. The maximum atomic E-state index is 6.25. The third-order valence-electron chi connectivity index (χ3n) is 3.48. The topological polar surface area (TPSA) is 39.1 Å². The molecule has 2 heterocycles. The Morgan fingerprint density at radius 1 is 1.56 bits per heavy atom. The van der Waals surface area contributed by atoms with Crippen molar-refractivity contribution in [3.63, 3.8) is 0 Å². The Morgan fingerprint density at radius 3 is 3.06 bits per heavy atom. The standard InChI is InChI=1S/C13H22ClN3O/c1-3-12-11(13(14)17(2)16-12)8-15-7-10-5-4-6-18-9-10/h10,15H,3-9H2,1-2H3. The molecule has 18 heavy (non-hydrogen) atoms. The second-order valence-corrected chi connectivity index (χ2v) is 5.27. The molecule has 0 spiro atoms. The van der Waals surface area contributed by atoms with Crippen LogP contribution in [0.2, 0.25) is 5.15 Å². The predicted molar refractivity (Wildman–Crippen MR) is 72.8 cm³/mol. The molecule has 1 aliphatic heterocycles. The summed E-state index contributed by atoms with van der Waals surface area (Å²) < 4.78 is 7.23. The largest absolute Gasteiger partial charge is 0.381 e. The monoisotopic (exact) mass is 271 g/mol. The summed E-state index contributed by atoms with van der Waals surface area (Å²) >= 11 is 6.25. The molecule has 0 aliphatic carbocycles. The van der Waals surface area contributed by atoms with Gasteiger partial charge in [-0.15, -0.1) is 0 Å². The summed E-state index contributed by atoms with van der Waals surface area (Å²) in [5, 5.41) is 8.65. The molecule has 102 valence electrons. The first-order chi connectivity index (χ1) is 8.72. The molecule has 1 N–H and O–H groups in total. The van der Waals surface area contributed by atoms with Gasteiger partial charge in [0.15, 0.2) is 0 Å². The molecule has 1 unspecified atom stereocenters. The number of rotatable bonds is 5. The van der Waals surface area contributed by atoms with Gasteiger partial charge in [0.1, 0.15) is 5.15 Å². The molecule has 4 nitrogen and oxygen atoms in total. The van der Waals surface area contributed by atoms with Crippen LogP contribution in [0.25, 0.3) is 0 Å². The quantitative estimate of drug-likeness (QED) is 0.892. The normalized spacial score (nSPS) is 20.3. The van der Waals surface area contributed by atoms with Gasteiger partial charge in [-0.05, 0) is 25.2 Å². The SMILES string of the molecule is CCc1nn(C)c(Cl)c1CNCC1CCCOC1. The molecule has 1 aromatic heterocycles. The molecule has 0 aromatic carbocycles. The number of aromatic nitrogens is 2. The van der Waals surface area contributed by atoms with E-state index in [0.717, 1.165) is 49.1 Å². The first kappa shape index (κ1) is 13.8. The lowest BCUT2D eigenvalue weighted by Gasteiger charge is -2.22. The van der Waals surface area contributed by atoms with E-state index in [9.17, 15) is 0 Å². The minimum Gasteiger partial charge on any atom is -0.381 e. The number of nitrogens with one attached hydrogen (secondary N) is 1. The molecule has 1 aliphatic rings. The Labute approximate surface area is 114 Å². The van der Waals surface area contributed by atoms with E-state index in [2.05, 4.69) is 17.3 Å². The summed E-state index contributed by atoms with van der Waals surface area (Å²) in [6, 6.07) is 0. The molecule has 1 saturated heterocycles. The molecule has 1 aromatic rings. The van der Waals surface area contributed by atoms with E-state index in [1.807, 2.05) is 7.05 Å². The van der Waals surface area contributed by atoms with Crippen LogP contribution in [0.5, 0.6) is 0 Å². The number of halogens is 1. The summed E-state index contributed by atoms with van der Waals surface area (Å²) in [5.41, 5.74) is 2.23. The minimum atomic E-state index is 0.638. The van der Waals surface area contributed by atoms with E-state index in [4.69, 9.17) is 16.3 Å². The second kappa shape index (κ2) is 6.55. The zero-order chi connectivity index (χ0) is 13.0. The zero-order valence-electron chi connectivity index (χ0n) is 11.2. The predicted octanol–water partition coefficient (Wildman–Crippen LogP) is 2.15. The van der Waals surface area contributed by atoms with E-state index in [1.165, 1.54) is 12.8 Å². The average molecular weight is 272 g/mol. The van der Waals surface area contributed by atoms with E-state index in [0.29, 0.717) is 5.92 Å². The lowest BCUT2D eigenvalue weighted by molar-refractivity contribution is 0.0547. The first-order valence-electron chi connectivity index (χ1n) is 6.71. The highest BCUT2D eigenvalue weighted by Gasteiger charge is 2.16. The zero-order valence-corrected chi connectivity index (χ0v) is 12.0. The van der Waals surface area contributed by atoms with Crippen molar-refractivity contribution >= 4 is 11.6 Å². The molecular formula is C13H22ClN3O. The molecule has 0 amide bonds. The molecule has 1 atom stereocenters. The van der Waals surface area contributed by atoms with E-state index in [-0.39, 0.29) is 0 Å². The van der Waals surface area contributed by atoms with Crippen LogP contribution in [0.1, 0.15) is 31.0 Å². The highest BCUT2D eigenvalue weighted by atomic mass is 35.5. The van der Waals surface area contributed by atoms with Gasteiger partial charge in [-0.25, -0.2) is 0 Å². The maximum Gasteiger partial charge on any atom is 0.131 e. The lowest BCUT2D eigenvalue weighted by atomic mass is 10.0. The molecule has 0 bridgehead atoms. The molecule has 5 heteroatoms.